The fourth-order valence-electron chi connectivity index (χ4n) is 2.90. The Morgan fingerprint density at radius 3 is 2.83 bits per heavy atom. The van der Waals surface area contributed by atoms with E-state index in [1.807, 2.05) is 0 Å². The highest BCUT2D eigenvalue weighted by atomic mass is 35.5. The first-order valence-electron chi connectivity index (χ1n) is 7.84. The van der Waals surface area contributed by atoms with Gasteiger partial charge in [-0.15, -0.1) is 24.8 Å². The van der Waals surface area contributed by atoms with Gasteiger partial charge in [0.25, 0.3) is 5.69 Å². The maximum atomic E-state index is 12.3. The number of Topliss-reactive ketones (excluding diaryl/α,β-unsaturated/α-hetero) is 1. The minimum absolute atomic E-state index is 0. The lowest BCUT2D eigenvalue weighted by atomic mass is 10.0. The molecule has 0 aliphatic carbocycles. The first-order chi connectivity index (χ1) is 10.6. The summed E-state index contributed by atoms with van der Waals surface area (Å²) in [5.41, 5.74) is 0.397. The van der Waals surface area contributed by atoms with Crippen LogP contribution in [0.5, 0.6) is 0 Å². The van der Waals surface area contributed by atoms with Crippen molar-refractivity contribution in [2.24, 2.45) is 0 Å². The van der Waals surface area contributed by atoms with Gasteiger partial charge in [-0.05, 0) is 6.42 Å². The Bertz CT molecular complexity index is 541. The molecule has 136 valence electrons. The van der Waals surface area contributed by atoms with Crippen molar-refractivity contribution in [2.75, 3.05) is 26.2 Å². The average Bonchev–Trinajstić information content (AvgIpc) is 2.54. The van der Waals surface area contributed by atoms with Crippen molar-refractivity contribution in [3.8, 4) is 0 Å². The quantitative estimate of drug-likeness (QED) is 0.448. The summed E-state index contributed by atoms with van der Waals surface area (Å²) in [5, 5.41) is 14.2. The van der Waals surface area contributed by atoms with Crippen LogP contribution in [0.25, 0.3) is 0 Å². The maximum Gasteiger partial charge on any atom is 0.270 e. The summed E-state index contributed by atoms with van der Waals surface area (Å²) >= 11 is 0. The third kappa shape index (κ3) is 6.36. The standard InChI is InChI=1S/C16H23N3O3.2ClH/c1-2-4-15-12-17-8-10-18(15)9-7-16(20)13-5-3-6-14(11-13)19(21)22;;/h3,5-6,11,15,17H,2,4,7-10,12H2,1H3;2*1H. The van der Waals surface area contributed by atoms with E-state index in [9.17, 15) is 14.9 Å². The molecule has 1 saturated heterocycles. The van der Waals surface area contributed by atoms with E-state index in [1.165, 1.54) is 12.1 Å². The molecule has 1 aromatic carbocycles. The van der Waals surface area contributed by atoms with E-state index in [2.05, 4.69) is 17.1 Å². The van der Waals surface area contributed by atoms with Crippen molar-refractivity contribution in [3.63, 3.8) is 0 Å². The van der Waals surface area contributed by atoms with Gasteiger partial charge < -0.3 is 5.32 Å². The molecule has 1 aromatic rings. The van der Waals surface area contributed by atoms with Gasteiger partial charge in [0.2, 0.25) is 0 Å². The number of halogens is 2. The molecule has 1 N–H and O–H groups in total. The normalized spacial score (nSPS) is 17.5. The summed E-state index contributed by atoms with van der Waals surface area (Å²) in [5.74, 6) is -0.0301. The van der Waals surface area contributed by atoms with Gasteiger partial charge in [-0.25, -0.2) is 0 Å². The molecule has 8 heteroatoms. The summed E-state index contributed by atoms with van der Waals surface area (Å²) in [6.45, 7) is 5.76. The number of nitro groups is 1. The van der Waals surface area contributed by atoms with Crippen LogP contribution in [-0.4, -0.2) is 47.8 Å². The molecule has 0 saturated carbocycles. The average molecular weight is 378 g/mol. The first kappa shape index (κ1) is 22.8. The third-order valence-corrected chi connectivity index (χ3v) is 4.10. The number of carbonyl (C=O) groups excluding carboxylic acids is 1. The van der Waals surface area contributed by atoms with E-state index in [0.717, 1.165) is 32.5 Å². The summed E-state index contributed by atoms with van der Waals surface area (Å²) in [7, 11) is 0. The predicted molar refractivity (Wildman–Crippen MR) is 99.7 cm³/mol. The highest BCUT2D eigenvalue weighted by molar-refractivity contribution is 5.96. The molecular weight excluding hydrogens is 353 g/mol. The van der Waals surface area contributed by atoms with Crippen molar-refractivity contribution in [1.29, 1.82) is 0 Å². The predicted octanol–water partition coefficient (Wildman–Crippen LogP) is 3.09. The summed E-state index contributed by atoms with van der Waals surface area (Å²) < 4.78 is 0. The van der Waals surface area contributed by atoms with E-state index in [4.69, 9.17) is 0 Å². The zero-order valence-corrected chi connectivity index (χ0v) is 15.4. The van der Waals surface area contributed by atoms with Gasteiger partial charge in [-0.1, -0.05) is 25.5 Å². The number of hydrogen-bond donors (Lipinski definition) is 1. The van der Waals surface area contributed by atoms with Crippen LogP contribution in [-0.2, 0) is 0 Å². The Morgan fingerprint density at radius 2 is 2.17 bits per heavy atom. The molecule has 0 radical (unpaired) electrons. The number of nitrogens with one attached hydrogen (secondary N) is 1. The summed E-state index contributed by atoms with van der Waals surface area (Å²) in [4.78, 5) is 24.9. The summed E-state index contributed by atoms with van der Waals surface area (Å²) in [6.07, 6.45) is 2.65. The Hall–Kier alpha value is -1.21. The molecule has 0 spiro atoms. The number of piperazine rings is 1. The number of nitro benzene ring substituents is 1. The third-order valence-electron chi connectivity index (χ3n) is 4.10. The zero-order valence-electron chi connectivity index (χ0n) is 13.8. The van der Waals surface area contributed by atoms with Gasteiger partial charge >= 0.3 is 0 Å². The minimum atomic E-state index is -0.468. The van der Waals surface area contributed by atoms with Crippen molar-refractivity contribution in [3.05, 3.63) is 39.9 Å². The molecule has 1 unspecified atom stereocenters. The monoisotopic (exact) mass is 377 g/mol. The Morgan fingerprint density at radius 1 is 1.42 bits per heavy atom. The van der Waals surface area contributed by atoms with Crippen LogP contribution in [0.1, 0.15) is 36.5 Å². The molecular formula is C16H25Cl2N3O3. The molecule has 6 nitrogen and oxygen atoms in total. The van der Waals surface area contributed by atoms with Gasteiger partial charge in [-0.2, -0.15) is 0 Å². The molecule has 0 amide bonds. The van der Waals surface area contributed by atoms with Crippen LogP contribution < -0.4 is 5.32 Å². The Labute approximate surface area is 155 Å². The molecule has 1 fully saturated rings. The molecule has 1 aliphatic rings. The van der Waals surface area contributed by atoms with Crippen molar-refractivity contribution < 1.29 is 9.72 Å². The molecule has 0 aromatic heterocycles. The lowest BCUT2D eigenvalue weighted by Gasteiger charge is -2.36. The number of nitrogens with zero attached hydrogens (tertiary/aromatic N) is 2. The molecule has 24 heavy (non-hydrogen) atoms. The highest BCUT2D eigenvalue weighted by Gasteiger charge is 2.22. The smallest absolute Gasteiger partial charge is 0.270 e. The number of non-ortho nitro benzene ring substituents is 1. The maximum absolute atomic E-state index is 12.3. The number of benzene rings is 1. The fourth-order valence-corrected chi connectivity index (χ4v) is 2.90. The van der Waals surface area contributed by atoms with Crippen molar-refractivity contribution in [1.82, 2.24) is 10.2 Å². The lowest BCUT2D eigenvalue weighted by molar-refractivity contribution is -0.384. The van der Waals surface area contributed by atoms with Crippen molar-refractivity contribution >= 4 is 36.3 Å². The fraction of sp³-hybridized carbons (Fsp3) is 0.562. The zero-order chi connectivity index (χ0) is 15.9. The largest absolute Gasteiger partial charge is 0.314 e. The second-order valence-electron chi connectivity index (χ2n) is 5.66. The van der Waals surface area contributed by atoms with Crippen LogP contribution in [0.4, 0.5) is 5.69 Å². The second-order valence-corrected chi connectivity index (χ2v) is 5.66. The van der Waals surface area contributed by atoms with Crippen LogP contribution >= 0.6 is 24.8 Å². The number of ketones is 1. The molecule has 1 heterocycles. The van der Waals surface area contributed by atoms with E-state index < -0.39 is 4.92 Å². The van der Waals surface area contributed by atoms with Crippen molar-refractivity contribution in [2.45, 2.75) is 32.2 Å². The van der Waals surface area contributed by atoms with Gasteiger partial charge in [-0.3, -0.25) is 19.8 Å². The number of hydrogen-bond acceptors (Lipinski definition) is 5. The van der Waals surface area contributed by atoms with E-state index >= 15 is 0 Å². The van der Waals surface area contributed by atoms with Gasteiger partial charge in [0.15, 0.2) is 5.78 Å². The molecule has 1 aliphatic heterocycles. The first-order valence-corrected chi connectivity index (χ1v) is 7.84. The highest BCUT2D eigenvalue weighted by Crippen LogP contribution is 2.16. The van der Waals surface area contributed by atoms with E-state index in [-0.39, 0.29) is 36.3 Å². The Kier molecular flexibility index (Phi) is 10.8. The van der Waals surface area contributed by atoms with Gasteiger partial charge in [0, 0.05) is 56.3 Å². The van der Waals surface area contributed by atoms with Crippen LogP contribution in [0.3, 0.4) is 0 Å². The molecule has 2 rings (SSSR count). The summed E-state index contributed by atoms with van der Waals surface area (Å²) in [6, 6.07) is 6.47. The molecule has 1 atom stereocenters. The lowest BCUT2D eigenvalue weighted by Crippen LogP contribution is -2.51. The van der Waals surface area contributed by atoms with E-state index in [0.29, 0.717) is 24.6 Å². The second kappa shape index (κ2) is 11.4. The van der Waals surface area contributed by atoms with Crippen LogP contribution in [0, 0.1) is 10.1 Å². The molecule has 0 bridgehead atoms. The minimum Gasteiger partial charge on any atom is -0.314 e. The Balaban J connectivity index is 0.00000264. The topological polar surface area (TPSA) is 75.5 Å². The van der Waals surface area contributed by atoms with Gasteiger partial charge in [0.1, 0.15) is 0 Å². The van der Waals surface area contributed by atoms with E-state index in [1.54, 1.807) is 12.1 Å². The number of rotatable bonds is 7. The van der Waals surface area contributed by atoms with Gasteiger partial charge in [0.05, 0.1) is 4.92 Å². The van der Waals surface area contributed by atoms with Crippen LogP contribution in [0.15, 0.2) is 24.3 Å². The number of carbonyl (C=O) groups is 1. The van der Waals surface area contributed by atoms with Crippen LogP contribution in [0.2, 0.25) is 0 Å². The SMILES string of the molecule is CCCC1CNCCN1CCC(=O)c1cccc([N+](=O)[O-])c1.Cl.Cl.